The molecule has 1 N–H and O–H groups in total. The molecule has 4 rings (SSSR count). The van der Waals surface area contributed by atoms with E-state index in [2.05, 4.69) is 14.8 Å². The number of aromatic carboxylic acids is 1. The number of carboxylic acid groups (broad SMARTS) is 1. The number of thiazole rings is 1. The van der Waals surface area contributed by atoms with Crippen LogP contribution >= 0.6 is 11.3 Å². The van der Waals surface area contributed by atoms with Crippen LogP contribution in [0.5, 0.6) is 0 Å². The largest absolute Gasteiger partial charge is 0.476 e. The van der Waals surface area contributed by atoms with Crippen molar-refractivity contribution in [1.82, 2.24) is 14.8 Å². The van der Waals surface area contributed by atoms with Crippen LogP contribution in [0.25, 0.3) is 0 Å². The standard InChI is InChI=1S/C12H15N3O3S/c1-7(16)10-9(12(17)18)13-11(19-10)8-6-14-2-4-15(8)5-3-14/h8H,2-6H2,1H3,(H,17,18). The Labute approximate surface area is 114 Å². The van der Waals surface area contributed by atoms with Crippen LogP contribution in [0.15, 0.2) is 0 Å². The maximum Gasteiger partial charge on any atom is 0.356 e. The third-order valence-corrected chi connectivity index (χ3v) is 4.99. The Morgan fingerprint density at radius 3 is 2.42 bits per heavy atom. The van der Waals surface area contributed by atoms with Gasteiger partial charge in [-0.15, -0.1) is 11.3 Å². The summed E-state index contributed by atoms with van der Waals surface area (Å²) in [6.07, 6.45) is 0. The van der Waals surface area contributed by atoms with Gasteiger partial charge in [-0.2, -0.15) is 0 Å². The van der Waals surface area contributed by atoms with Gasteiger partial charge in [-0.25, -0.2) is 9.78 Å². The predicted molar refractivity (Wildman–Crippen MR) is 69.8 cm³/mol. The molecule has 1 aromatic rings. The quantitative estimate of drug-likeness (QED) is 0.823. The zero-order chi connectivity index (χ0) is 13.6. The first-order chi connectivity index (χ1) is 9.06. The zero-order valence-corrected chi connectivity index (χ0v) is 11.4. The normalized spacial score (nSPS) is 29.4. The van der Waals surface area contributed by atoms with E-state index in [0.717, 1.165) is 37.7 Å². The highest BCUT2D eigenvalue weighted by atomic mass is 32.1. The minimum absolute atomic E-state index is 0.0925. The van der Waals surface area contributed by atoms with E-state index in [0.29, 0.717) is 0 Å². The van der Waals surface area contributed by atoms with Crippen molar-refractivity contribution in [2.45, 2.75) is 13.0 Å². The lowest BCUT2D eigenvalue weighted by Gasteiger charge is -2.46. The number of fused-ring (bicyclic) bond motifs is 3. The Hall–Kier alpha value is -1.31. The number of carboxylic acids is 1. The molecule has 3 fully saturated rings. The summed E-state index contributed by atoms with van der Waals surface area (Å²) in [4.78, 5) is 31.8. The van der Waals surface area contributed by atoms with Crippen molar-refractivity contribution < 1.29 is 14.7 Å². The average Bonchev–Trinajstić information content (AvgIpc) is 2.85. The fourth-order valence-electron chi connectivity index (χ4n) is 2.71. The fraction of sp³-hybridized carbons (Fsp3) is 0.583. The number of rotatable bonds is 3. The van der Waals surface area contributed by atoms with Crippen molar-refractivity contribution in [2.24, 2.45) is 0 Å². The van der Waals surface area contributed by atoms with Crippen LogP contribution < -0.4 is 0 Å². The summed E-state index contributed by atoms with van der Waals surface area (Å²) in [5.74, 6) is -1.35. The Morgan fingerprint density at radius 2 is 2.00 bits per heavy atom. The molecule has 102 valence electrons. The highest BCUT2D eigenvalue weighted by molar-refractivity contribution is 7.14. The van der Waals surface area contributed by atoms with Crippen LogP contribution in [0.1, 0.15) is 38.1 Å². The van der Waals surface area contributed by atoms with Crippen LogP contribution in [0.3, 0.4) is 0 Å². The van der Waals surface area contributed by atoms with E-state index in [1.807, 2.05) is 0 Å². The molecule has 6 nitrogen and oxygen atoms in total. The molecule has 0 radical (unpaired) electrons. The molecule has 4 heterocycles. The number of piperazine rings is 3. The number of hydrogen-bond acceptors (Lipinski definition) is 6. The van der Waals surface area contributed by atoms with Crippen molar-refractivity contribution in [3.8, 4) is 0 Å². The molecule has 0 spiro atoms. The molecule has 1 atom stereocenters. The Kier molecular flexibility index (Phi) is 3.12. The molecule has 0 aromatic carbocycles. The van der Waals surface area contributed by atoms with Crippen LogP contribution in [-0.4, -0.2) is 64.4 Å². The Bertz CT molecular complexity index is 503. The van der Waals surface area contributed by atoms with Crippen molar-refractivity contribution in [1.29, 1.82) is 0 Å². The van der Waals surface area contributed by atoms with Gasteiger partial charge in [-0.05, 0) is 0 Å². The molecule has 3 aliphatic rings. The second-order valence-corrected chi connectivity index (χ2v) is 5.97. The van der Waals surface area contributed by atoms with Gasteiger partial charge in [0.1, 0.15) is 9.88 Å². The molecule has 0 aliphatic carbocycles. The molecule has 1 aromatic heterocycles. The van der Waals surface area contributed by atoms with E-state index in [1.165, 1.54) is 18.3 Å². The van der Waals surface area contributed by atoms with Gasteiger partial charge in [0.25, 0.3) is 0 Å². The molecule has 0 saturated carbocycles. The number of carbonyl (C=O) groups is 2. The maximum absolute atomic E-state index is 11.5. The topological polar surface area (TPSA) is 73.7 Å². The van der Waals surface area contributed by atoms with Gasteiger partial charge in [0.05, 0.1) is 6.04 Å². The number of ketones is 1. The molecule has 2 bridgehead atoms. The lowest BCUT2D eigenvalue weighted by molar-refractivity contribution is 0.0122. The van der Waals surface area contributed by atoms with Crippen molar-refractivity contribution in [2.75, 3.05) is 32.7 Å². The van der Waals surface area contributed by atoms with E-state index >= 15 is 0 Å². The molecule has 7 heteroatoms. The SMILES string of the molecule is CC(=O)c1sc(C2CN3CCN2CC3)nc1C(=O)O. The van der Waals surface area contributed by atoms with E-state index < -0.39 is 5.97 Å². The first kappa shape index (κ1) is 12.7. The predicted octanol–water partition coefficient (Wildman–Crippen LogP) is 0.716. The van der Waals surface area contributed by atoms with Crippen LogP contribution in [0, 0.1) is 0 Å². The van der Waals surface area contributed by atoms with Crippen LogP contribution in [0.2, 0.25) is 0 Å². The fourth-order valence-corrected chi connectivity index (χ4v) is 3.79. The van der Waals surface area contributed by atoms with E-state index in [-0.39, 0.29) is 22.4 Å². The van der Waals surface area contributed by atoms with Gasteiger partial charge in [-0.3, -0.25) is 14.6 Å². The maximum atomic E-state index is 11.5. The summed E-state index contributed by atoms with van der Waals surface area (Å²) in [5.41, 5.74) is -0.0925. The minimum Gasteiger partial charge on any atom is -0.476 e. The smallest absolute Gasteiger partial charge is 0.356 e. The van der Waals surface area contributed by atoms with Gasteiger partial charge in [0, 0.05) is 39.6 Å². The molecule has 3 saturated heterocycles. The second-order valence-electron chi connectivity index (χ2n) is 4.94. The first-order valence-corrected chi connectivity index (χ1v) is 7.09. The van der Waals surface area contributed by atoms with Gasteiger partial charge in [0.15, 0.2) is 11.5 Å². The van der Waals surface area contributed by atoms with E-state index in [1.54, 1.807) is 0 Å². The molecule has 1 unspecified atom stereocenters. The summed E-state index contributed by atoms with van der Waals surface area (Å²) in [6, 6.07) is 0.138. The Morgan fingerprint density at radius 1 is 1.32 bits per heavy atom. The van der Waals surface area contributed by atoms with Gasteiger partial charge < -0.3 is 5.11 Å². The highest BCUT2D eigenvalue weighted by Gasteiger charge is 2.36. The molecular weight excluding hydrogens is 266 g/mol. The van der Waals surface area contributed by atoms with Gasteiger partial charge in [-0.1, -0.05) is 0 Å². The van der Waals surface area contributed by atoms with Crippen LogP contribution in [-0.2, 0) is 0 Å². The van der Waals surface area contributed by atoms with Gasteiger partial charge >= 0.3 is 5.97 Å². The Balaban J connectivity index is 1.95. The number of hydrogen-bond donors (Lipinski definition) is 1. The van der Waals surface area contributed by atoms with Crippen molar-refractivity contribution in [3.63, 3.8) is 0 Å². The number of Topliss-reactive ketones (excluding diaryl/α,β-unsaturated/α-hetero) is 1. The average molecular weight is 281 g/mol. The highest BCUT2D eigenvalue weighted by Crippen LogP contribution is 2.33. The summed E-state index contributed by atoms with van der Waals surface area (Å²) >= 11 is 1.23. The van der Waals surface area contributed by atoms with E-state index in [9.17, 15) is 9.59 Å². The van der Waals surface area contributed by atoms with Gasteiger partial charge in [0.2, 0.25) is 0 Å². The molecule has 0 amide bonds. The first-order valence-electron chi connectivity index (χ1n) is 6.27. The van der Waals surface area contributed by atoms with Crippen LogP contribution in [0.4, 0.5) is 0 Å². The van der Waals surface area contributed by atoms with E-state index in [4.69, 9.17) is 5.11 Å². The van der Waals surface area contributed by atoms with Crippen molar-refractivity contribution >= 4 is 23.1 Å². The summed E-state index contributed by atoms with van der Waals surface area (Å²) < 4.78 is 0. The molecule has 3 aliphatic heterocycles. The van der Waals surface area contributed by atoms with Crippen molar-refractivity contribution in [3.05, 3.63) is 15.6 Å². The lowest BCUT2D eigenvalue weighted by Crippen LogP contribution is -2.56. The monoisotopic (exact) mass is 281 g/mol. The number of carbonyl (C=O) groups excluding carboxylic acids is 1. The third-order valence-electron chi connectivity index (χ3n) is 3.73. The minimum atomic E-state index is -1.12. The second kappa shape index (κ2) is 4.66. The summed E-state index contributed by atoms with van der Waals surface area (Å²) in [5, 5.41) is 9.88. The zero-order valence-electron chi connectivity index (χ0n) is 10.6. The summed E-state index contributed by atoms with van der Waals surface area (Å²) in [7, 11) is 0. The molecule has 19 heavy (non-hydrogen) atoms. The number of aromatic nitrogens is 1. The third kappa shape index (κ3) is 2.18. The number of nitrogens with zero attached hydrogens (tertiary/aromatic N) is 3. The summed E-state index contributed by atoms with van der Waals surface area (Å²) in [6.45, 7) is 6.37. The molecular formula is C12H15N3O3S. The lowest BCUT2D eigenvalue weighted by atomic mass is 10.1.